The number of aliphatic hydroxyl groups is 1. The summed E-state index contributed by atoms with van der Waals surface area (Å²) < 4.78 is 7.94. The van der Waals surface area contributed by atoms with Gasteiger partial charge in [-0.3, -0.25) is 4.79 Å². The molecule has 2 atom stereocenters. The first-order valence-electron chi connectivity index (χ1n) is 11.7. The quantitative estimate of drug-likeness (QED) is 0.442. The van der Waals surface area contributed by atoms with Gasteiger partial charge in [-0.05, 0) is 49.2 Å². The number of hydrogen-bond acceptors (Lipinski definition) is 4. The summed E-state index contributed by atoms with van der Waals surface area (Å²) in [6.07, 6.45) is -0.325. The smallest absolute Gasteiger partial charge is 0.227 e. The van der Waals surface area contributed by atoms with Crippen molar-refractivity contribution in [1.82, 2.24) is 9.55 Å². The van der Waals surface area contributed by atoms with Gasteiger partial charge in [-0.15, -0.1) is 0 Å². The van der Waals surface area contributed by atoms with Crippen LogP contribution in [0.2, 0.25) is 0 Å². The number of aliphatic hydroxyl groups excluding tert-OH is 1. The molecule has 1 amide bonds. The van der Waals surface area contributed by atoms with Crippen LogP contribution >= 0.6 is 0 Å². The Labute approximate surface area is 199 Å². The molecule has 1 aromatic heterocycles. The summed E-state index contributed by atoms with van der Waals surface area (Å²) in [6.45, 7) is 5.10. The van der Waals surface area contributed by atoms with Crippen LogP contribution in [0.5, 0.6) is 5.75 Å². The molecule has 174 valence electrons. The van der Waals surface area contributed by atoms with Crippen LogP contribution in [-0.2, 0) is 11.3 Å². The number of benzene rings is 3. The van der Waals surface area contributed by atoms with Crippen LogP contribution in [0, 0.1) is 13.8 Å². The van der Waals surface area contributed by atoms with Gasteiger partial charge in [0.15, 0.2) is 0 Å². The van der Waals surface area contributed by atoms with Crippen molar-refractivity contribution in [2.45, 2.75) is 38.8 Å². The fraction of sp³-hybridized carbons (Fsp3) is 0.286. The molecule has 3 aromatic carbocycles. The number of nitrogens with zero attached hydrogens (tertiary/aromatic N) is 3. The highest BCUT2D eigenvalue weighted by Crippen LogP contribution is 2.34. The van der Waals surface area contributed by atoms with E-state index in [1.807, 2.05) is 91.5 Å². The van der Waals surface area contributed by atoms with Crippen LogP contribution < -0.4 is 9.64 Å². The maximum absolute atomic E-state index is 13.0. The van der Waals surface area contributed by atoms with Gasteiger partial charge >= 0.3 is 0 Å². The second kappa shape index (κ2) is 9.31. The Balaban J connectivity index is 1.40. The second-order valence-corrected chi connectivity index (χ2v) is 8.99. The van der Waals surface area contributed by atoms with E-state index in [1.165, 1.54) is 0 Å². The fourth-order valence-electron chi connectivity index (χ4n) is 4.75. The minimum Gasteiger partial charge on any atom is -0.491 e. The predicted octanol–water partition coefficient (Wildman–Crippen LogP) is 4.61. The lowest BCUT2D eigenvalue weighted by Gasteiger charge is -2.20. The zero-order valence-corrected chi connectivity index (χ0v) is 19.5. The topological polar surface area (TPSA) is 67.6 Å². The van der Waals surface area contributed by atoms with E-state index in [-0.39, 0.29) is 18.4 Å². The van der Waals surface area contributed by atoms with Crippen molar-refractivity contribution in [3.8, 4) is 5.75 Å². The molecule has 0 bridgehead atoms. The van der Waals surface area contributed by atoms with E-state index < -0.39 is 6.10 Å². The van der Waals surface area contributed by atoms with Gasteiger partial charge < -0.3 is 19.3 Å². The summed E-state index contributed by atoms with van der Waals surface area (Å²) in [5, 5.41) is 10.9. The molecule has 5 rings (SSSR count). The molecule has 34 heavy (non-hydrogen) atoms. The van der Waals surface area contributed by atoms with Gasteiger partial charge in [0, 0.05) is 24.6 Å². The van der Waals surface area contributed by atoms with Crippen molar-refractivity contribution in [1.29, 1.82) is 0 Å². The molecule has 6 nitrogen and oxygen atoms in total. The van der Waals surface area contributed by atoms with E-state index >= 15 is 0 Å². The first-order valence-corrected chi connectivity index (χ1v) is 11.7. The molecule has 1 fully saturated rings. The second-order valence-electron chi connectivity index (χ2n) is 8.99. The molecule has 1 saturated heterocycles. The molecule has 1 N–H and O–H groups in total. The molecule has 1 aliphatic rings. The van der Waals surface area contributed by atoms with Crippen molar-refractivity contribution in [2.75, 3.05) is 18.1 Å². The normalized spacial score (nSPS) is 16.9. The number of hydrogen-bond donors (Lipinski definition) is 1. The predicted molar refractivity (Wildman–Crippen MR) is 133 cm³/mol. The Morgan fingerprint density at radius 2 is 1.71 bits per heavy atom. The van der Waals surface area contributed by atoms with Crippen LogP contribution in [0.15, 0.2) is 72.8 Å². The van der Waals surface area contributed by atoms with Gasteiger partial charge in [-0.1, -0.05) is 48.5 Å². The van der Waals surface area contributed by atoms with E-state index in [0.717, 1.165) is 39.4 Å². The van der Waals surface area contributed by atoms with Crippen molar-refractivity contribution >= 4 is 22.6 Å². The van der Waals surface area contributed by atoms with Gasteiger partial charge in [0.05, 0.1) is 17.6 Å². The monoisotopic (exact) mass is 455 g/mol. The van der Waals surface area contributed by atoms with Gasteiger partial charge in [-0.2, -0.15) is 0 Å². The molecule has 0 unspecified atom stereocenters. The first kappa shape index (κ1) is 22.2. The van der Waals surface area contributed by atoms with Gasteiger partial charge in [0.1, 0.15) is 24.3 Å². The van der Waals surface area contributed by atoms with Crippen molar-refractivity contribution < 1.29 is 14.6 Å². The maximum atomic E-state index is 13.0. The summed E-state index contributed by atoms with van der Waals surface area (Å²) in [7, 11) is 0. The molecule has 0 aliphatic carbocycles. The van der Waals surface area contributed by atoms with E-state index in [4.69, 9.17) is 9.72 Å². The average molecular weight is 456 g/mol. The zero-order valence-electron chi connectivity index (χ0n) is 19.5. The van der Waals surface area contributed by atoms with Crippen molar-refractivity contribution in [3.63, 3.8) is 0 Å². The Bertz CT molecular complexity index is 1330. The van der Waals surface area contributed by atoms with Crippen molar-refractivity contribution in [3.05, 3.63) is 89.7 Å². The standard InChI is InChI=1S/C28H29N3O3/c1-19-9-3-6-12-24(19)30-16-21(15-27(30)33)28-29-23-11-5-7-13-25(23)31(28)17-22(32)18-34-26-14-8-4-10-20(26)2/h3-14,21-22,32H,15-18H2,1-2H3/t21-,22-/m0/s1. The Hall–Kier alpha value is -3.64. The van der Waals surface area contributed by atoms with Gasteiger partial charge in [-0.25, -0.2) is 4.98 Å². The maximum Gasteiger partial charge on any atom is 0.227 e. The van der Waals surface area contributed by atoms with Crippen LogP contribution in [0.4, 0.5) is 5.69 Å². The third-order valence-electron chi connectivity index (χ3n) is 6.50. The third-order valence-corrected chi connectivity index (χ3v) is 6.50. The largest absolute Gasteiger partial charge is 0.491 e. The molecule has 6 heteroatoms. The number of imidazole rings is 1. The molecular formula is C28H29N3O3. The summed E-state index contributed by atoms with van der Waals surface area (Å²) in [6, 6.07) is 23.7. The van der Waals surface area contributed by atoms with Crippen molar-refractivity contribution in [2.24, 2.45) is 0 Å². The number of aromatic nitrogens is 2. The third kappa shape index (κ3) is 4.29. The number of anilines is 1. The number of rotatable bonds is 7. The fourth-order valence-corrected chi connectivity index (χ4v) is 4.75. The minimum atomic E-state index is -0.722. The van der Waals surface area contributed by atoms with Crippen LogP contribution in [0.25, 0.3) is 11.0 Å². The molecule has 1 aliphatic heterocycles. The number of ether oxygens (including phenoxy) is 1. The Kier molecular flexibility index (Phi) is 6.07. The summed E-state index contributed by atoms with van der Waals surface area (Å²) in [4.78, 5) is 19.7. The molecule has 2 heterocycles. The number of fused-ring (bicyclic) bond motifs is 1. The lowest BCUT2D eigenvalue weighted by Crippen LogP contribution is -2.27. The highest BCUT2D eigenvalue weighted by molar-refractivity contribution is 5.97. The summed E-state index contributed by atoms with van der Waals surface area (Å²) in [5.74, 6) is 1.65. The lowest BCUT2D eigenvalue weighted by molar-refractivity contribution is -0.117. The summed E-state index contributed by atoms with van der Waals surface area (Å²) >= 11 is 0. The van der Waals surface area contributed by atoms with E-state index in [1.54, 1.807) is 0 Å². The molecule has 0 radical (unpaired) electrons. The minimum absolute atomic E-state index is 0.0519. The van der Waals surface area contributed by atoms with Crippen LogP contribution in [-0.4, -0.2) is 39.8 Å². The number of amides is 1. The zero-order chi connectivity index (χ0) is 23.7. The average Bonchev–Trinajstić information content (AvgIpc) is 3.39. The SMILES string of the molecule is Cc1ccccc1OC[C@@H](O)Cn1c([C@H]2CC(=O)N(c3ccccc3C)C2)nc2ccccc21. The van der Waals surface area contributed by atoms with Gasteiger partial charge in [0.25, 0.3) is 0 Å². The first-order chi connectivity index (χ1) is 16.5. The molecule has 4 aromatic rings. The molecular weight excluding hydrogens is 426 g/mol. The number of carbonyl (C=O) groups excluding carboxylic acids is 1. The van der Waals surface area contributed by atoms with Crippen LogP contribution in [0.3, 0.4) is 0 Å². The number of carbonyl (C=O) groups is 1. The van der Waals surface area contributed by atoms with E-state index in [0.29, 0.717) is 19.5 Å². The Morgan fingerprint density at radius 1 is 1.00 bits per heavy atom. The summed E-state index contributed by atoms with van der Waals surface area (Å²) in [5.41, 5.74) is 4.88. The number of aryl methyl sites for hydroxylation is 2. The van der Waals surface area contributed by atoms with Gasteiger partial charge in [0.2, 0.25) is 5.91 Å². The highest BCUT2D eigenvalue weighted by atomic mass is 16.5. The van der Waals surface area contributed by atoms with E-state index in [9.17, 15) is 9.90 Å². The lowest BCUT2D eigenvalue weighted by atomic mass is 10.1. The Morgan fingerprint density at radius 3 is 2.50 bits per heavy atom. The molecule has 0 spiro atoms. The highest BCUT2D eigenvalue weighted by Gasteiger charge is 2.35. The molecule has 0 saturated carbocycles. The van der Waals surface area contributed by atoms with Crippen LogP contribution in [0.1, 0.15) is 29.3 Å². The van der Waals surface area contributed by atoms with E-state index in [2.05, 4.69) is 4.57 Å². The number of para-hydroxylation sites is 4.